The molecule has 0 saturated heterocycles. The zero-order chi connectivity index (χ0) is 18.7. The number of benzene rings is 1. The lowest BCUT2D eigenvalue weighted by Crippen LogP contribution is -2.11. The summed E-state index contributed by atoms with van der Waals surface area (Å²) in [4.78, 5) is 12.4. The van der Waals surface area contributed by atoms with E-state index in [0.29, 0.717) is 23.1 Å². The van der Waals surface area contributed by atoms with Crippen molar-refractivity contribution in [1.82, 2.24) is 15.4 Å². The van der Waals surface area contributed by atoms with Crippen LogP contribution in [0.5, 0.6) is 5.75 Å². The number of carbonyl (C=O) groups is 1. The normalized spacial score (nSPS) is 11.0. The molecular weight excluding hydrogens is 352 g/mol. The van der Waals surface area contributed by atoms with Gasteiger partial charge in [0.15, 0.2) is 0 Å². The van der Waals surface area contributed by atoms with Crippen molar-refractivity contribution in [3.8, 4) is 5.75 Å². The van der Waals surface area contributed by atoms with E-state index in [-0.39, 0.29) is 11.8 Å². The predicted octanol–water partition coefficient (Wildman–Crippen LogP) is 4.10. The number of rotatable bonds is 6. The fourth-order valence-corrected chi connectivity index (χ4v) is 3.02. The van der Waals surface area contributed by atoms with E-state index in [0.717, 1.165) is 22.0 Å². The summed E-state index contributed by atoms with van der Waals surface area (Å²) < 4.78 is 10.9. The number of aromatic nitrogens is 3. The van der Waals surface area contributed by atoms with Gasteiger partial charge in [0.25, 0.3) is 5.91 Å². The van der Waals surface area contributed by atoms with Crippen molar-refractivity contribution in [2.45, 2.75) is 40.2 Å². The average Bonchev–Trinajstić information content (AvgIpc) is 3.21. The van der Waals surface area contributed by atoms with E-state index >= 15 is 0 Å². The minimum absolute atomic E-state index is 0.251. The van der Waals surface area contributed by atoms with Crippen LogP contribution in [-0.2, 0) is 6.61 Å². The molecule has 0 radical (unpaired) electrons. The summed E-state index contributed by atoms with van der Waals surface area (Å²) in [6.45, 7) is 8.11. The minimum atomic E-state index is -0.251. The Morgan fingerprint density at radius 1 is 1.31 bits per heavy atom. The van der Waals surface area contributed by atoms with Crippen LogP contribution in [0.2, 0.25) is 0 Å². The van der Waals surface area contributed by atoms with E-state index in [9.17, 15) is 4.79 Å². The highest BCUT2D eigenvalue weighted by Crippen LogP contribution is 2.23. The summed E-state index contributed by atoms with van der Waals surface area (Å²) in [5.74, 6) is 1.35. The molecule has 0 spiro atoms. The summed E-state index contributed by atoms with van der Waals surface area (Å²) in [6, 6.07) is 6.99. The monoisotopic (exact) mass is 372 g/mol. The van der Waals surface area contributed by atoms with Gasteiger partial charge >= 0.3 is 0 Å². The van der Waals surface area contributed by atoms with Crippen molar-refractivity contribution in [1.29, 1.82) is 0 Å². The van der Waals surface area contributed by atoms with E-state index in [1.807, 2.05) is 27.7 Å². The number of anilines is 1. The van der Waals surface area contributed by atoms with Crippen LogP contribution in [0, 0.1) is 13.8 Å². The van der Waals surface area contributed by atoms with Crippen molar-refractivity contribution < 1.29 is 14.1 Å². The number of hydrogen-bond donors (Lipinski definition) is 1. The molecule has 8 heteroatoms. The maximum Gasteiger partial charge on any atom is 0.257 e. The molecule has 3 aromatic rings. The third-order valence-electron chi connectivity index (χ3n) is 3.82. The third kappa shape index (κ3) is 4.08. The molecule has 0 aliphatic heterocycles. The van der Waals surface area contributed by atoms with Gasteiger partial charge in [0.2, 0.25) is 5.13 Å². The molecule has 0 aliphatic carbocycles. The van der Waals surface area contributed by atoms with E-state index < -0.39 is 0 Å². The molecule has 1 N–H and O–H groups in total. The van der Waals surface area contributed by atoms with E-state index in [1.54, 1.807) is 24.3 Å². The zero-order valence-corrected chi connectivity index (χ0v) is 15.9. The molecular formula is C18H20N4O3S. The number of amides is 1. The second-order valence-electron chi connectivity index (χ2n) is 6.17. The molecule has 2 aromatic heterocycles. The first-order valence-corrected chi connectivity index (χ1v) is 9.05. The maximum atomic E-state index is 12.4. The van der Waals surface area contributed by atoms with Crippen LogP contribution in [-0.4, -0.2) is 21.3 Å². The molecule has 0 fully saturated rings. The van der Waals surface area contributed by atoms with E-state index in [4.69, 9.17) is 9.26 Å². The van der Waals surface area contributed by atoms with Gasteiger partial charge in [0, 0.05) is 11.5 Å². The van der Waals surface area contributed by atoms with Gasteiger partial charge < -0.3 is 9.26 Å². The fourth-order valence-electron chi connectivity index (χ4n) is 2.28. The number of carbonyl (C=O) groups excluding carboxylic acids is 1. The molecule has 3 rings (SSSR count). The lowest BCUT2D eigenvalue weighted by Gasteiger charge is -2.07. The SMILES string of the molecule is Cc1noc(C)c1COc1cccc(C(=O)Nc2nnc(C(C)C)s2)c1. The minimum Gasteiger partial charge on any atom is -0.489 e. The zero-order valence-electron chi connectivity index (χ0n) is 15.1. The first-order chi connectivity index (χ1) is 12.4. The van der Waals surface area contributed by atoms with Gasteiger partial charge in [0.05, 0.1) is 11.3 Å². The Morgan fingerprint density at radius 3 is 2.77 bits per heavy atom. The molecule has 136 valence electrons. The molecule has 7 nitrogen and oxygen atoms in total. The lowest BCUT2D eigenvalue weighted by molar-refractivity contribution is 0.102. The van der Waals surface area contributed by atoms with Crippen LogP contribution in [0.4, 0.5) is 5.13 Å². The van der Waals surface area contributed by atoms with Gasteiger partial charge in [-0.1, -0.05) is 36.4 Å². The van der Waals surface area contributed by atoms with Crippen LogP contribution in [0.25, 0.3) is 0 Å². The first-order valence-electron chi connectivity index (χ1n) is 8.23. The molecule has 0 unspecified atom stereocenters. The van der Waals surface area contributed by atoms with E-state index in [1.165, 1.54) is 11.3 Å². The van der Waals surface area contributed by atoms with Crippen molar-refractivity contribution in [3.63, 3.8) is 0 Å². The standard InChI is InChI=1S/C18H20N4O3S/c1-10(2)17-20-21-18(26-17)19-16(23)13-6-5-7-14(8-13)24-9-15-11(3)22-25-12(15)4/h5-8,10H,9H2,1-4H3,(H,19,21,23). The lowest BCUT2D eigenvalue weighted by atomic mass is 10.2. The number of hydrogen-bond acceptors (Lipinski definition) is 7. The highest BCUT2D eigenvalue weighted by molar-refractivity contribution is 7.15. The number of nitrogens with zero attached hydrogens (tertiary/aromatic N) is 3. The molecule has 0 atom stereocenters. The van der Waals surface area contributed by atoms with Crippen LogP contribution >= 0.6 is 11.3 Å². The molecule has 1 amide bonds. The van der Waals surface area contributed by atoms with Crippen LogP contribution in [0.1, 0.15) is 52.1 Å². The van der Waals surface area contributed by atoms with Gasteiger partial charge in [-0.05, 0) is 32.0 Å². The maximum absolute atomic E-state index is 12.4. The van der Waals surface area contributed by atoms with Crippen molar-refractivity contribution >= 4 is 22.4 Å². The summed E-state index contributed by atoms with van der Waals surface area (Å²) in [5.41, 5.74) is 2.20. The van der Waals surface area contributed by atoms with Gasteiger partial charge in [-0.3, -0.25) is 10.1 Å². The predicted molar refractivity (Wildman–Crippen MR) is 98.7 cm³/mol. The Morgan fingerprint density at radius 2 is 2.12 bits per heavy atom. The second kappa shape index (κ2) is 7.65. The van der Waals surface area contributed by atoms with Crippen molar-refractivity contribution in [3.05, 3.63) is 51.9 Å². The van der Waals surface area contributed by atoms with Gasteiger partial charge in [-0.2, -0.15) is 0 Å². The Hall–Kier alpha value is -2.74. The van der Waals surface area contributed by atoms with Gasteiger partial charge in [-0.25, -0.2) is 0 Å². The summed E-state index contributed by atoms with van der Waals surface area (Å²) >= 11 is 1.38. The van der Waals surface area contributed by atoms with Crippen LogP contribution < -0.4 is 10.1 Å². The summed E-state index contributed by atoms with van der Waals surface area (Å²) in [5, 5.41) is 16.1. The molecule has 0 aliphatic rings. The smallest absolute Gasteiger partial charge is 0.257 e. The Labute approximate surface area is 155 Å². The Bertz CT molecular complexity index is 897. The van der Waals surface area contributed by atoms with Crippen molar-refractivity contribution in [2.75, 3.05) is 5.32 Å². The largest absolute Gasteiger partial charge is 0.489 e. The molecule has 1 aromatic carbocycles. The molecule has 0 bridgehead atoms. The number of aryl methyl sites for hydroxylation is 2. The third-order valence-corrected chi connectivity index (χ3v) is 4.95. The average molecular weight is 372 g/mol. The first kappa shape index (κ1) is 18.1. The quantitative estimate of drug-likeness (QED) is 0.701. The Balaban J connectivity index is 1.67. The highest BCUT2D eigenvalue weighted by atomic mass is 32.1. The second-order valence-corrected chi connectivity index (χ2v) is 7.18. The number of nitrogens with one attached hydrogen (secondary N) is 1. The molecule has 0 saturated carbocycles. The molecule has 2 heterocycles. The topological polar surface area (TPSA) is 90.1 Å². The van der Waals surface area contributed by atoms with Crippen molar-refractivity contribution in [2.24, 2.45) is 0 Å². The van der Waals surface area contributed by atoms with Gasteiger partial charge in [-0.15, -0.1) is 10.2 Å². The van der Waals surface area contributed by atoms with Gasteiger partial charge in [0.1, 0.15) is 23.1 Å². The highest BCUT2D eigenvalue weighted by Gasteiger charge is 2.13. The fraction of sp³-hybridized carbons (Fsp3) is 0.333. The molecule has 26 heavy (non-hydrogen) atoms. The van der Waals surface area contributed by atoms with E-state index in [2.05, 4.69) is 20.7 Å². The number of ether oxygens (including phenoxy) is 1. The Kier molecular flexibility index (Phi) is 5.32. The van der Waals surface area contributed by atoms with Crippen LogP contribution in [0.15, 0.2) is 28.8 Å². The summed E-state index contributed by atoms with van der Waals surface area (Å²) in [6.07, 6.45) is 0. The summed E-state index contributed by atoms with van der Waals surface area (Å²) in [7, 11) is 0. The van der Waals surface area contributed by atoms with Crippen LogP contribution in [0.3, 0.4) is 0 Å².